The van der Waals surface area contributed by atoms with Gasteiger partial charge in [0.2, 0.25) is 0 Å². The van der Waals surface area contributed by atoms with Gasteiger partial charge in [-0.25, -0.2) is 0 Å². The molecule has 2 saturated carbocycles. The van der Waals surface area contributed by atoms with Gasteiger partial charge >= 0.3 is 5.97 Å². The predicted molar refractivity (Wildman–Crippen MR) is 76.8 cm³/mol. The number of fused-ring (bicyclic) bond motifs is 4. The number of likely N-dealkylation sites (tertiary alicyclic amines) is 1. The van der Waals surface area contributed by atoms with Crippen molar-refractivity contribution in [2.75, 3.05) is 20.6 Å². The second-order valence-electron chi connectivity index (χ2n) is 8.90. The van der Waals surface area contributed by atoms with E-state index in [1.54, 1.807) is 0 Å². The van der Waals surface area contributed by atoms with Crippen LogP contribution in [0.2, 0.25) is 0 Å². The maximum absolute atomic E-state index is 12.5. The molecule has 0 unspecified atom stereocenters. The highest BCUT2D eigenvalue weighted by Crippen LogP contribution is 2.67. The molecule has 20 heavy (non-hydrogen) atoms. The molecule has 0 spiro atoms. The van der Waals surface area contributed by atoms with Gasteiger partial charge in [0.15, 0.2) is 6.10 Å². The Bertz CT molecular complexity index is 472. The van der Waals surface area contributed by atoms with Crippen molar-refractivity contribution in [1.82, 2.24) is 0 Å². The molecule has 0 N–H and O–H groups in total. The minimum atomic E-state index is 0.120. The van der Waals surface area contributed by atoms with Crippen LogP contribution in [0.4, 0.5) is 0 Å². The molecule has 3 heteroatoms. The van der Waals surface area contributed by atoms with E-state index in [0.717, 1.165) is 10.4 Å². The van der Waals surface area contributed by atoms with Crippen molar-refractivity contribution in [3.8, 4) is 0 Å². The quantitative estimate of drug-likeness (QED) is 0.543. The van der Waals surface area contributed by atoms with Gasteiger partial charge in [-0.05, 0) is 24.7 Å². The number of rotatable bonds is 1. The molecule has 4 rings (SSSR count). The third-order valence-corrected chi connectivity index (χ3v) is 7.42. The number of quaternary nitrogens is 1. The summed E-state index contributed by atoms with van der Waals surface area (Å²) in [7, 11) is 4.71. The van der Waals surface area contributed by atoms with Gasteiger partial charge in [0.05, 0.1) is 26.6 Å². The Hall–Kier alpha value is -0.570. The fourth-order valence-corrected chi connectivity index (χ4v) is 6.96. The van der Waals surface area contributed by atoms with Gasteiger partial charge in [-0.15, -0.1) is 0 Å². The van der Waals surface area contributed by atoms with Crippen LogP contribution in [0.3, 0.4) is 0 Å². The van der Waals surface area contributed by atoms with Gasteiger partial charge in [-0.3, -0.25) is 4.79 Å². The molecule has 112 valence electrons. The summed E-state index contributed by atoms with van der Waals surface area (Å²) in [5.74, 6) is 2.65. The smallest absolute Gasteiger partial charge is 0.310 e. The van der Waals surface area contributed by atoms with Gasteiger partial charge in [0.25, 0.3) is 0 Å². The number of hydrogen-bond donors (Lipinski definition) is 0. The predicted octanol–water partition coefficient (Wildman–Crippen LogP) is 2.30. The van der Waals surface area contributed by atoms with Crippen LogP contribution in [-0.4, -0.2) is 43.2 Å². The number of likely N-dealkylation sites (N-methyl/N-ethyl adjacent to an activating group) is 1. The Kier molecular flexibility index (Phi) is 2.36. The van der Waals surface area contributed by atoms with Gasteiger partial charge in [0.1, 0.15) is 6.04 Å². The number of carbonyl (C=O) groups excluding carboxylic acids is 1. The SMILES string of the molecule is CC(C)[C@@H]1[C@H]2OC(=O)[C@@H]1[C@@H]1CC[C@@H]3C[N+](C)(C)[C@H]2[C@@]31C. The molecule has 2 aliphatic carbocycles. The molecule has 2 heterocycles. The number of esters is 1. The summed E-state index contributed by atoms with van der Waals surface area (Å²) in [6.45, 7) is 8.29. The topological polar surface area (TPSA) is 26.3 Å². The summed E-state index contributed by atoms with van der Waals surface area (Å²) in [5.41, 5.74) is 0.330. The Labute approximate surface area is 122 Å². The van der Waals surface area contributed by atoms with Crippen LogP contribution in [0.25, 0.3) is 0 Å². The third-order valence-electron chi connectivity index (χ3n) is 7.42. The van der Waals surface area contributed by atoms with Crippen LogP contribution in [0.5, 0.6) is 0 Å². The lowest BCUT2D eigenvalue weighted by molar-refractivity contribution is -0.912. The molecule has 0 aromatic carbocycles. The van der Waals surface area contributed by atoms with E-state index >= 15 is 0 Å². The van der Waals surface area contributed by atoms with Gasteiger partial charge in [0, 0.05) is 17.3 Å². The molecular formula is C17H28NO2+. The minimum absolute atomic E-state index is 0.120. The van der Waals surface area contributed by atoms with Crippen molar-refractivity contribution < 1.29 is 14.0 Å². The molecular weight excluding hydrogens is 250 g/mol. The van der Waals surface area contributed by atoms with E-state index in [0.29, 0.717) is 29.2 Å². The van der Waals surface area contributed by atoms with E-state index in [1.165, 1.54) is 19.4 Å². The first-order valence-electron chi connectivity index (χ1n) is 8.31. The molecule has 0 aromatic heterocycles. The molecule has 2 bridgehead atoms. The van der Waals surface area contributed by atoms with Gasteiger partial charge < -0.3 is 9.22 Å². The maximum atomic E-state index is 12.5. The van der Waals surface area contributed by atoms with Crippen molar-refractivity contribution in [2.24, 2.45) is 35.0 Å². The molecule has 4 fully saturated rings. The second kappa shape index (κ2) is 3.60. The number of hydrogen-bond acceptors (Lipinski definition) is 2. The molecule has 2 aliphatic heterocycles. The summed E-state index contributed by atoms with van der Waals surface area (Å²) >= 11 is 0. The Balaban J connectivity index is 1.88. The maximum Gasteiger partial charge on any atom is 0.310 e. The lowest BCUT2D eigenvalue weighted by Crippen LogP contribution is -2.62. The fraction of sp³-hybridized carbons (Fsp3) is 0.941. The second-order valence-corrected chi connectivity index (χ2v) is 8.90. The molecule has 0 amide bonds. The van der Waals surface area contributed by atoms with Crippen LogP contribution in [-0.2, 0) is 9.53 Å². The third kappa shape index (κ3) is 1.25. The van der Waals surface area contributed by atoms with Crippen LogP contribution < -0.4 is 0 Å². The van der Waals surface area contributed by atoms with Crippen molar-refractivity contribution in [1.29, 1.82) is 0 Å². The first-order valence-corrected chi connectivity index (χ1v) is 8.31. The standard InChI is InChI=1S/C17H28NO2/c1-9(2)12-13-11-7-6-10-8-18(4,5)15(17(10,11)3)14(12)20-16(13)19/h9-15H,6-8H2,1-5H3/q+1/t10-,11+,12+,13-,14-,15-,17+/m1/s1. The lowest BCUT2D eigenvalue weighted by Gasteiger charge is -2.50. The van der Waals surface area contributed by atoms with Gasteiger partial charge in [-0.2, -0.15) is 0 Å². The first-order chi connectivity index (χ1) is 9.28. The van der Waals surface area contributed by atoms with Crippen LogP contribution in [0.1, 0.15) is 33.6 Å². The zero-order chi connectivity index (χ0) is 14.4. The van der Waals surface area contributed by atoms with Crippen molar-refractivity contribution in [3.05, 3.63) is 0 Å². The monoisotopic (exact) mass is 278 g/mol. The summed E-state index contributed by atoms with van der Waals surface area (Å²) < 4.78 is 7.02. The Morgan fingerprint density at radius 3 is 2.65 bits per heavy atom. The van der Waals surface area contributed by atoms with E-state index in [-0.39, 0.29) is 18.0 Å². The highest BCUT2D eigenvalue weighted by Gasteiger charge is 2.76. The summed E-state index contributed by atoms with van der Waals surface area (Å²) in [6, 6.07) is 0.509. The summed E-state index contributed by atoms with van der Waals surface area (Å²) in [4.78, 5) is 12.5. The lowest BCUT2D eigenvalue weighted by atomic mass is 9.55. The first kappa shape index (κ1) is 13.1. The average Bonchev–Trinajstić information content (AvgIpc) is 2.83. The van der Waals surface area contributed by atoms with Gasteiger partial charge in [-0.1, -0.05) is 20.8 Å². The zero-order valence-corrected chi connectivity index (χ0v) is 13.4. The van der Waals surface area contributed by atoms with Crippen LogP contribution in [0.15, 0.2) is 0 Å². The normalized spacial score (nSPS) is 55.2. The highest BCUT2D eigenvalue weighted by molar-refractivity contribution is 5.77. The molecule has 2 saturated heterocycles. The average molecular weight is 278 g/mol. The summed E-state index contributed by atoms with van der Waals surface area (Å²) in [5, 5.41) is 0. The molecule has 4 aliphatic rings. The van der Waals surface area contributed by atoms with Crippen LogP contribution >= 0.6 is 0 Å². The van der Waals surface area contributed by atoms with Crippen molar-refractivity contribution in [2.45, 2.75) is 45.8 Å². The van der Waals surface area contributed by atoms with E-state index in [4.69, 9.17) is 4.74 Å². The molecule has 0 aromatic rings. The Morgan fingerprint density at radius 1 is 1.30 bits per heavy atom. The van der Waals surface area contributed by atoms with Crippen molar-refractivity contribution in [3.63, 3.8) is 0 Å². The molecule has 3 nitrogen and oxygen atoms in total. The Morgan fingerprint density at radius 2 is 2.00 bits per heavy atom. The van der Waals surface area contributed by atoms with E-state index in [2.05, 4.69) is 34.9 Å². The minimum Gasteiger partial charge on any atom is -0.455 e. The van der Waals surface area contributed by atoms with E-state index < -0.39 is 0 Å². The fourth-order valence-electron chi connectivity index (χ4n) is 6.96. The molecule has 7 atom stereocenters. The number of carbonyl (C=O) groups is 1. The summed E-state index contributed by atoms with van der Waals surface area (Å²) in [6.07, 6.45) is 2.72. The highest BCUT2D eigenvalue weighted by atomic mass is 16.6. The number of nitrogens with zero attached hydrogens (tertiary/aromatic N) is 1. The zero-order valence-electron chi connectivity index (χ0n) is 13.4. The van der Waals surface area contributed by atoms with E-state index in [9.17, 15) is 4.79 Å². The van der Waals surface area contributed by atoms with Crippen molar-refractivity contribution >= 4 is 5.97 Å². The largest absolute Gasteiger partial charge is 0.455 e. The van der Waals surface area contributed by atoms with E-state index in [1.807, 2.05) is 0 Å². The number of ether oxygens (including phenoxy) is 1. The molecule has 0 radical (unpaired) electrons. The van der Waals surface area contributed by atoms with Crippen LogP contribution in [0, 0.1) is 35.0 Å².